The molecule has 1 unspecified atom stereocenters. The second-order valence-corrected chi connectivity index (χ2v) is 6.70. The van der Waals surface area contributed by atoms with Crippen LogP contribution in [-0.2, 0) is 17.9 Å². The SMILES string of the molecule is COc1cccc(C(O)CN(Cc2ccccc2)C(=O)OCc2ccccc2)c1. The van der Waals surface area contributed by atoms with Crippen LogP contribution in [0.5, 0.6) is 5.75 Å². The Balaban J connectivity index is 1.71. The number of hydrogen-bond acceptors (Lipinski definition) is 4. The predicted molar refractivity (Wildman–Crippen MR) is 111 cm³/mol. The van der Waals surface area contributed by atoms with Gasteiger partial charge in [-0.05, 0) is 28.8 Å². The second-order valence-electron chi connectivity index (χ2n) is 6.70. The molecule has 3 aromatic rings. The van der Waals surface area contributed by atoms with Gasteiger partial charge in [0.05, 0.1) is 19.8 Å². The lowest BCUT2D eigenvalue weighted by atomic mass is 10.1. The van der Waals surface area contributed by atoms with E-state index in [-0.39, 0.29) is 13.2 Å². The molecule has 3 rings (SSSR count). The van der Waals surface area contributed by atoms with Crippen molar-refractivity contribution in [3.8, 4) is 5.75 Å². The van der Waals surface area contributed by atoms with Gasteiger partial charge in [0.15, 0.2) is 0 Å². The van der Waals surface area contributed by atoms with Gasteiger partial charge in [-0.15, -0.1) is 0 Å². The number of aliphatic hydroxyl groups is 1. The number of nitrogens with zero attached hydrogens (tertiary/aromatic N) is 1. The number of hydrogen-bond donors (Lipinski definition) is 1. The lowest BCUT2D eigenvalue weighted by Gasteiger charge is -2.25. The fraction of sp³-hybridized carbons (Fsp3) is 0.208. The lowest BCUT2D eigenvalue weighted by Crippen LogP contribution is -2.34. The fourth-order valence-electron chi connectivity index (χ4n) is 2.98. The van der Waals surface area contributed by atoms with Crippen molar-refractivity contribution >= 4 is 6.09 Å². The van der Waals surface area contributed by atoms with Gasteiger partial charge in [-0.3, -0.25) is 0 Å². The topological polar surface area (TPSA) is 59.0 Å². The Morgan fingerprint density at radius 1 is 0.931 bits per heavy atom. The monoisotopic (exact) mass is 391 g/mol. The Labute approximate surface area is 171 Å². The van der Waals surface area contributed by atoms with Gasteiger partial charge in [-0.25, -0.2) is 4.79 Å². The Morgan fingerprint density at radius 2 is 1.59 bits per heavy atom. The Hall–Kier alpha value is -3.31. The summed E-state index contributed by atoms with van der Waals surface area (Å²) in [5.41, 5.74) is 2.55. The molecule has 0 aliphatic heterocycles. The number of methoxy groups -OCH3 is 1. The Kier molecular flexibility index (Phi) is 7.25. The van der Waals surface area contributed by atoms with Crippen LogP contribution in [0.25, 0.3) is 0 Å². The van der Waals surface area contributed by atoms with Crippen LogP contribution < -0.4 is 4.74 Å². The average molecular weight is 391 g/mol. The molecule has 0 aliphatic rings. The second kappa shape index (κ2) is 10.3. The molecule has 0 aliphatic carbocycles. The molecule has 0 spiro atoms. The molecule has 0 saturated carbocycles. The summed E-state index contributed by atoms with van der Waals surface area (Å²) in [6.45, 7) is 0.630. The zero-order valence-corrected chi connectivity index (χ0v) is 16.4. The van der Waals surface area contributed by atoms with E-state index in [1.807, 2.05) is 78.9 Å². The van der Waals surface area contributed by atoms with E-state index in [0.717, 1.165) is 11.1 Å². The first-order valence-electron chi connectivity index (χ1n) is 9.47. The van der Waals surface area contributed by atoms with Crippen molar-refractivity contribution in [3.05, 3.63) is 102 Å². The summed E-state index contributed by atoms with van der Waals surface area (Å²) in [5, 5.41) is 10.7. The number of benzene rings is 3. The van der Waals surface area contributed by atoms with Crippen LogP contribution in [0.15, 0.2) is 84.9 Å². The van der Waals surface area contributed by atoms with Crippen molar-refractivity contribution < 1.29 is 19.4 Å². The van der Waals surface area contributed by atoms with Crippen LogP contribution in [0, 0.1) is 0 Å². The van der Waals surface area contributed by atoms with Gasteiger partial charge in [-0.2, -0.15) is 0 Å². The van der Waals surface area contributed by atoms with Crippen LogP contribution in [0.1, 0.15) is 22.8 Å². The maximum atomic E-state index is 12.8. The first kappa shape index (κ1) is 20.4. The number of ether oxygens (including phenoxy) is 2. The van der Waals surface area contributed by atoms with E-state index in [1.54, 1.807) is 13.2 Å². The molecular weight excluding hydrogens is 366 g/mol. The standard InChI is InChI=1S/C24H25NO4/c1-28-22-14-8-13-21(15-22)23(26)17-25(16-19-9-4-2-5-10-19)24(27)29-18-20-11-6-3-7-12-20/h2-15,23,26H,16-18H2,1H3. The van der Waals surface area contributed by atoms with Crippen molar-refractivity contribution in [3.63, 3.8) is 0 Å². The van der Waals surface area contributed by atoms with Gasteiger partial charge in [0, 0.05) is 6.54 Å². The highest BCUT2D eigenvalue weighted by Gasteiger charge is 2.21. The molecule has 3 aromatic carbocycles. The van der Waals surface area contributed by atoms with Crippen LogP contribution in [0.3, 0.4) is 0 Å². The van der Waals surface area contributed by atoms with E-state index in [1.165, 1.54) is 4.90 Å². The van der Waals surface area contributed by atoms with Gasteiger partial charge in [0.25, 0.3) is 0 Å². The van der Waals surface area contributed by atoms with Crippen LogP contribution in [0.2, 0.25) is 0 Å². The average Bonchev–Trinajstić information content (AvgIpc) is 2.78. The largest absolute Gasteiger partial charge is 0.497 e. The first-order chi connectivity index (χ1) is 14.2. The molecule has 0 radical (unpaired) electrons. The highest BCUT2D eigenvalue weighted by Crippen LogP contribution is 2.21. The minimum Gasteiger partial charge on any atom is -0.497 e. The predicted octanol–water partition coefficient (Wildman–Crippen LogP) is 4.57. The smallest absolute Gasteiger partial charge is 0.410 e. The van der Waals surface area contributed by atoms with Gasteiger partial charge < -0.3 is 19.5 Å². The third kappa shape index (κ3) is 6.09. The maximum Gasteiger partial charge on any atom is 0.410 e. The zero-order chi connectivity index (χ0) is 20.5. The van der Waals surface area contributed by atoms with Crippen LogP contribution >= 0.6 is 0 Å². The van der Waals surface area contributed by atoms with Crippen LogP contribution in [0.4, 0.5) is 4.79 Å². The molecule has 1 N–H and O–H groups in total. The van der Waals surface area contributed by atoms with E-state index in [0.29, 0.717) is 17.9 Å². The summed E-state index contributed by atoms with van der Waals surface area (Å²) in [6, 6.07) is 26.4. The highest BCUT2D eigenvalue weighted by molar-refractivity contribution is 5.67. The summed E-state index contributed by atoms with van der Waals surface area (Å²) >= 11 is 0. The summed E-state index contributed by atoms with van der Waals surface area (Å²) in [4.78, 5) is 14.3. The van der Waals surface area contributed by atoms with Crippen molar-refractivity contribution in [2.45, 2.75) is 19.3 Å². The number of carbonyl (C=O) groups is 1. The number of carbonyl (C=O) groups excluding carboxylic acids is 1. The summed E-state index contributed by atoms with van der Waals surface area (Å²) in [6.07, 6.45) is -1.34. The van der Waals surface area contributed by atoms with Crippen molar-refractivity contribution in [1.82, 2.24) is 4.90 Å². The quantitative estimate of drug-likeness (QED) is 0.611. The Bertz CT molecular complexity index is 899. The molecule has 1 atom stereocenters. The molecule has 150 valence electrons. The highest BCUT2D eigenvalue weighted by atomic mass is 16.6. The molecule has 0 fully saturated rings. The maximum absolute atomic E-state index is 12.8. The minimum absolute atomic E-state index is 0.107. The molecule has 0 heterocycles. The lowest BCUT2D eigenvalue weighted by molar-refractivity contribution is 0.0656. The van der Waals surface area contributed by atoms with Gasteiger partial charge in [0.2, 0.25) is 0 Å². The number of aliphatic hydroxyl groups excluding tert-OH is 1. The fourth-order valence-corrected chi connectivity index (χ4v) is 2.98. The normalized spacial score (nSPS) is 11.5. The van der Waals surface area contributed by atoms with E-state index < -0.39 is 12.2 Å². The number of amides is 1. The van der Waals surface area contributed by atoms with E-state index >= 15 is 0 Å². The summed E-state index contributed by atoms with van der Waals surface area (Å²) in [7, 11) is 1.58. The van der Waals surface area contributed by atoms with Gasteiger partial charge in [0.1, 0.15) is 12.4 Å². The van der Waals surface area contributed by atoms with Crippen molar-refractivity contribution in [2.24, 2.45) is 0 Å². The molecule has 0 saturated heterocycles. The summed E-state index contributed by atoms with van der Waals surface area (Å²) < 4.78 is 10.7. The summed E-state index contributed by atoms with van der Waals surface area (Å²) in [5.74, 6) is 0.655. The third-order valence-electron chi connectivity index (χ3n) is 4.55. The molecule has 1 amide bonds. The van der Waals surface area contributed by atoms with Crippen molar-refractivity contribution in [1.29, 1.82) is 0 Å². The number of rotatable bonds is 8. The molecule has 0 aromatic heterocycles. The first-order valence-corrected chi connectivity index (χ1v) is 9.47. The molecule has 5 nitrogen and oxygen atoms in total. The van der Waals surface area contributed by atoms with E-state index in [4.69, 9.17) is 9.47 Å². The molecule has 5 heteroatoms. The molecular formula is C24H25NO4. The zero-order valence-electron chi connectivity index (χ0n) is 16.4. The Morgan fingerprint density at radius 3 is 2.24 bits per heavy atom. The minimum atomic E-state index is -0.863. The van der Waals surface area contributed by atoms with Gasteiger partial charge >= 0.3 is 6.09 Å². The van der Waals surface area contributed by atoms with E-state index in [9.17, 15) is 9.90 Å². The third-order valence-corrected chi connectivity index (χ3v) is 4.55. The van der Waals surface area contributed by atoms with E-state index in [2.05, 4.69) is 0 Å². The molecule has 29 heavy (non-hydrogen) atoms. The van der Waals surface area contributed by atoms with Gasteiger partial charge in [-0.1, -0.05) is 72.8 Å². The van der Waals surface area contributed by atoms with Crippen LogP contribution in [-0.4, -0.2) is 29.8 Å². The molecule has 0 bridgehead atoms. The van der Waals surface area contributed by atoms with Crippen molar-refractivity contribution in [2.75, 3.05) is 13.7 Å².